The quantitative estimate of drug-likeness (QED) is 0.419. The van der Waals surface area contributed by atoms with Crippen LogP contribution in [0.15, 0.2) is 30.6 Å². The van der Waals surface area contributed by atoms with E-state index in [9.17, 15) is 14.4 Å². The van der Waals surface area contributed by atoms with Crippen LogP contribution in [-0.2, 0) is 22.6 Å². The van der Waals surface area contributed by atoms with Crippen molar-refractivity contribution >= 4 is 23.3 Å². The molecule has 2 heterocycles. The minimum absolute atomic E-state index is 0.00569. The molecule has 1 saturated heterocycles. The summed E-state index contributed by atoms with van der Waals surface area (Å²) in [5.41, 5.74) is 3.39. The van der Waals surface area contributed by atoms with Gasteiger partial charge in [0.15, 0.2) is 5.78 Å². The highest BCUT2D eigenvalue weighted by Gasteiger charge is 2.42. The molecule has 1 aromatic carbocycles. The van der Waals surface area contributed by atoms with E-state index in [4.69, 9.17) is 6.42 Å². The summed E-state index contributed by atoms with van der Waals surface area (Å²) in [6, 6.07) is 5.68. The van der Waals surface area contributed by atoms with Crippen LogP contribution in [0.3, 0.4) is 0 Å². The Balaban J connectivity index is 1.34. The molecule has 0 radical (unpaired) electrons. The fourth-order valence-electron chi connectivity index (χ4n) is 4.32. The van der Waals surface area contributed by atoms with Crippen molar-refractivity contribution in [3.8, 4) is 12.3 Å². The van der Waals surface area contributed by atoms with Gasteiger partial charge in [-0.1, -0.05) is 18.1 Å². The van der Waals surface area contributed by atoms with Crippen LogP contribution in [0.5, 0.6) is 0 Å². The van der Waals surface area contributed by atoms with Crippen molar-refractivity contribution in [2.24, 2.45) is 11.8 Å². The van der Waals surface area contributed by atoms with E-state index >= 15 is 0 Å². The SMILES string of the molecule is C#Cc1cnn(CCCCNc2cccc3c2CC(C2CCC(=O)NC2=O)C3=O)c1. The minimum atomic E-state index is -0.433. The zero-order valence-corrected chi connectivity index (χ0v) is 16.7. The number of nitrogens with zero attached hydrogens (tertiary/aromatic N) is 2. The van der Waals surface area contributed by atoms with Crippen molar-refractivity contribution in [1.29, 1.82) is 0 Å². The lowest BCUT2D eigenvalue weighted by Crippen LogP contribution is -2.44. The van der Waals surface area contributed by atoms with Crippen molar-refractivity contribution in [3.63, 3.8) is 0 Å². The first-order valence-corrected chi connectivity index (χ1v) is 10.3. The molecule has 0 saturated carbocycles. The van der Waals surface area contributed by atoms with E-state index < -0.39 is 5.92 Å². The highest BCUT2D eigenvalue weighted by atomic mass is 16.2. The number of nitrogens with one attached hydrogen (secondary N) is 2. The molecule has 1 aromatic heterocycles. The second-order valence-electron chi connectivity index (χ2n) is 7.83. The molecule has 30 heavy (non-hydrogen) atoms. The van der Waals surface area contributed by atoms with Crippen LogP contribution in [0.4, 0.5) is 5.69 Å². The summed E-state index contributed by atoms with van der Waals surface area (Å²) in [4.78, 5) is 36.6. The van der Waals surface area contributed by atoms with E-state index in [0.29, 0.717) is 24.8 Å². The summed E-state index contributed by atoms with van der Waals surface area (Å²) in [6.45, 7) is 1.57. The molecule has 4 rings (SSSR count). The summed E-state index contributed by atoms with van der Waals surface area (Å²) in [5, 5.41) is 10.0. The van der Waals surface area contributed by atoms with Gasteiger partial charge in [0.1, 0.15) is 0 Å². The third kappa shape index (κ3) is 3.99. The van der Waals surface area contributed by atoms with Crippen molar-refractivity contribution in [2.75, 3.05) is 11.9 Å². The van der Waals surface area contributed by atoms with E-state index in [1.54, 1.807) is 6.20 Å². The molecule has 7 nitrogen and oxygen atoms in total. The maximum Gasteiger partial charge on any atom is 0.230 e. The Bertz CT molecular complexity index is 1030. The predicted octanol–water partition coefficient (Wildman–Crippen LogP) is 2.16. The number of anilines is 1. The van der Waals surface area contributed by atoms with Gasteiger partial charge in [-0.25, -0.2) is 0 Å². The number of amides is 2. The van der Waals surface area contributed by atoms with Crippen molar-refractivity contribution in [3.05, 3.63) is 47.3 Å². The normalized spacial score (nSPS) is 20.6. The molecule has 0 spiro atoms. The Morgan fingerprint density at radius 1 is 1.23 bits per heavy atom. The number of terminal acetylenes is 1. The molecule has 2 N–H and O–H groups in total. The number of imide groups is 1. The molecule has 2 unspecified atom stereocenters. The number of hydrogen-bond donors (Lipinski definition) is 2. The summed E-state index contributed by atoms with van der Waals surface area (Å²) in [7, 11) is 0. The monoisotopic (exact) mass is 404 g/mol. The third-order valence-corrected chi connectivity index (χ3v) is 5.90. The largest absolute Gasteiger partial charge is 0.385 e. The zero-order chi connectivity index (χ0) is 21.1. The molecule has 7 heteroatoms. The Hall–Kier alpha value is -3.40. The van der Waals surface area contributed by atoms with E-state index in [0.717, 1.165) is 42.7 Å². The first-order valence-electron chi connectivity index (χ1n) is 10.3. The van der Waals surface area contributed by atoms with Gasteiger partial charge in [0, 0.05) is 48.8 Å². The first-order chi connectivity index (χ1) is 14.6. The summed E-state index contributed by atoms with van der Waals surface area (Å²) >= 11 is 0. The molecule has 1 aliphatic heterocycles. The number of fused-ring (bicyclic) bond motifs is 1. The number of piperidine rings is 1. The van der Waals surface area contributed by atoms with Crippen LogP contribution in [0.25, 0.3) is 0 Å². The highest BCUT2D eigenvalue weighted by Crippen LogP contribution is 2.38. The number of unbranched alkanes of at least 4 members (excludes halogenated alkanes) is 1. The van der Waals surface area contributed by atoms with Gasteiger partial charge in [0.2, 0.25) is 11.8 Å². The second kappa shape index (κ2) is 8.54. The number of aryl methyl sites for hydroxylation is 1. The van der Waals surface area contributed by atoms with Gasteiger partial charge in [0.05, 0.1) is 11.8 Å². The van der Waals surface area contributed by atoms with Crippen molar-refractivity contribution < 1.29 is 14.4 Å². The highest BCUT2D eigenvalue weighted by molar-refractivity contribution is 6.08. The smallest absolute Gasteiger partial charge is 0.230 e. The predicted molar refractivity (Wildman–Crippen MR) is 112 cm³/mol. The summed E-state index contributed by atoms with van der Waals surface area (Å²) < 4.78 is 1.85. The number of rotatable bonds is 7. The number of carbonyl (C=O) groups is 3. The summed E-state index contributed by atoms with van der Waals surface area (Å²) in [6.07, 6.45) is 12.1. The minimum Gasteiger partial charge on any atom is -0.385 e. The van der Waals surface area contributed by atoms with Crippen LogP contribution >= 0.6 is 0 Å². The van der Waals surface area contributed by atoms with E-state index in [2.05, 4.69) is 21.7 Å². The van der Waals surface area contributed by atoms with Gasteiger partial charge in [-0.2, -0.15) is 5.10 Å². The molecule has 1 aliphatic carbocycles. The van der Waals surface area contributed by atoms with Gasteiger partial charge >= 0.3 is 0 Å². The van der Waals surface area contributed by atoms with E-state index in [-0.39, 0.29) is 23.5 Å². The van der Waals surface area contributed by atoms with Crippen LogP contribution in [-0.4, -0.2) is 33.9 Å². The third-order valence-electron chi connectivity index (χ3n) is 5.90. The van der Waals surface area contributed by atoms with Crippen LogP contribution in [0.2, 0.25) is 0 Å². The van der Waals surface area contributed by atoms with Gasteiger partial charge in [-0.05, 0) is 37.3 Å². The van der Waals surface area contributed by atoms with Gasteiger partial charge in [0.25, 0.3) is 0 Å². The first kappa shape index (κ1) is 19.9. The average Bonchev–Trinajstić information content (AvgIpc) is 3.33. The lowest BCUT2D eigenvalue weighted by Gasteiger charge is -2.24. The Kier molecular flexibility index (Phi) is 5.66. The van der Waals surface area contributed by atoms with Crippen molar-refractivity contribution in [2.45, 2.75) is 38.6 Å². The molecule has 2 aliphatic rings. The van der Waals surface area contributed by atoms with Crippen LogP contribution in [0.1, 0.15) is 47.2 Å². The lowest BCUT2D eigenvalue weighted by molar-refractivity contribution is -0.137. The average molecular weight is 404 g/mol. The van der Waals surface area contributed by atoms with Crippen molar-refractivity contribution in [1.82, 2.24) is 15.1 Å². The van der Waals surface area contributed by atoms with E-state index in [1.165, 1.54) is 0 Å². The molecule has 154 valence electrons. The number of carbonyl (C=O) groups excluding carboxylic acids is 3. The molecule has 2 aromatic rings. The number of Topliss-reactive ketones (excluding diaryl/α,β-unsaturated/α-hetero) is 1. The number of aromatic nitrogens is 2. The second-order valence-corrected chi connectivity index (χ2v) is 7.83. The molecular formula is C23H24N4O3. The fourth-order valence-corrected chi connectivity index (χ4v) is 4.32. The Morgan fingerprint density at radius 2 is 2.10 bits per heavy atom. The molecule has 2 amide bonds. The maximum absolute atomic E-state index is 12.9. The van der Waals surface area contributed by atoms with E-state index in [1.807, 2.05) is 29.1 Å². The Labute approximate surface area is 175 Å². The number of hydrogen-bond acceptors (Lipinski definition) is 5. The fraction of sp³-hybridized carbons (Fsp3) is 0.391. The van der Waals surface area contributed by atoms with Gasteiger partial charge in [-0.15, -0.1) is 6.42 Å². The molecule has 2 atom stereocenters. The Morgan fingerprint density at radius 3 is 2.87 bits per heavy atom. The number of benzene rings is 1. The van der Waals surface area contributed by atoms with Crippen LogP contribution in [0, 0.1) is 24.2 Å². The lowest BCUT2D eigenvalue weighted by atomic mass is 9.83. The van der Waals surface area contributed by atoms with Crippen LogP contribution < -0.4 is 10.6 Å². The number of ketones is 1. The van der Waals surface area contributed by atoms with Gasteiger partial charge in [-0.3, -0.25) is 24.4 Å². The standard InChI is InChI=1S/C23H24N4O3/c1-2-15-13-25-27(14-15)11-4-3-10-24-20-7-5-6-16-18(20)12-19(22(16)29)17-8-9-21(28)26-23(17)30/h1,5-7,13-14,17,19,24H,3-4,8-12H2,(H,26,28,30). The van der Waals surface area contributed by atoms with Gasteiger partial charge < -0.3 is 5.32 Å². The molecular weight excluding hydrogens is 380 g/mol. The topological polar surface area (TPSA) is 93.1 Å². The molecule has 1 fully saturated rings. The maximum atomic E-state index is 12.9. The molecule has 0 bridgehead atoms. The zero-order valence-electron chi connectivity index (χ0n) is 16.7. The summed E-state index contributed by atoms with van der Waals surface area (Å²) in [5.74, 6) is 1.17.